The average Bonchev–Trinajstić information content (AvgIpc) is 2.94. The topological polar surface area (TPSA) is 109 Å². The van der Waals surface area contributed by atoms with Crippen LogP contribution >= 0.6 is 0 Å². The molecule has 194 valence electrons. The molecule has 1 aromatic heterocycles. The number of phenolic OH excluding ortho intramolecular Hbond substituents is 1. The fourth-order valence-corrected chi connectivity index (χ4v) is 4.27. The Kier molecular flexibility index (Phi) is 8.66. The Morgan fingerprint density at radius 3 is 2.08 bits per heavy atom. The highest BCUT2D eigenvalue weighted by Gasteiger charge is 2.36. The summed E-state index contributed by atoms with van der Waals surface area (Å²) in [5.74, 6) is -1.97. The summed E-state index contributed by atoms with van der Waals surface area (Å²) in [6.45, 7) is 0.112. The molecule has 0 aliphatic carbocycles. The summed E-state index contributed by atoms with van der Waals surface area (Å²) in [4.78, 5) is 30.9. The maximum Gasteiger partial charge on any atom is 0.262 e. The van der Waals surface area contributed by atoms with Crippen molar-refractivity contribution in [3.8, 4) is 5.75 Å². The number of amides is 2. The highest BCUT2D eigenvalue weighted by atomic mass is 19.2. The monoisotopic (exact) mass is 512 g/mol. The Hall–Kier alpha value is -4.72. The van der Waals surface area contributed by atoms with Crippen molar-refractivity contribution in [2.75, 3.05) is 5.73 Å². The van der Waals surface area contributed by atoms with Gasteiger partial charge in [0.15, 0.2) is 0 Å². The van der Waals surface area contributed by atoms with Crippen molar-refractivity contribution in [2.45, 2.75) is 31.3 Å². The molecule has 3 aromatic carbocycles. The molecule has 38 heavy (non-hydrogen) atoms. The second-order valence-electron chi connectivity index (χ2n) is 8.93. The molecule has 1 atom stereocenters. The first-order valence-corrected chi connectivity index (χ1v) is 12.3. The minimum Gasteiger partial charge on any atom is -0.508 e. The quantitative estimate of drug-likeness (QED) is 0.271. The maximum atomic E-state index is 16.0. The molecule has 0 saturated carbocycles. The molecule has 0 radical (unpaired) electrons. The standard InChI is InChI=1S/C30H29FN4O3/c31-35(30(38)28(23-7-3-1-4-8-23)24-9-5-2-6-10-24)26(16-13-21-17-18-33-27(32)19-21)29(37)34-20-22-11-14-25(36)15-12-22/h1-12,14-15,17-19,26,28,36H,13,16,20H2,(H2,32,33)(H,34,37). The molecular formula is C30H29FN4O3. The van der Waals surface area contributed by atoms with Gasteiger partial charge in [0, 0.05) is 12.7 Å². The Morgan fingerprint density at radius 2 is 1.50 bits per heavy atom. The maximum absolute atomic E-state index is 16.0. The highest BCUT2D eigenvalue weighted by molar-refractivity contribution is 5.91. The first-order chi connectivity index (χ1) is 18.4. The fourth-order valence-electron chi connectivity index (χ4n) is 4.27. The Bertz CT molecular complexity index is 1310. The zero-order valence-electron chi connectivity index (χ0n) is 20.7. The number of benzene rings is 3. The van der Waals surface area contributed by atoms with Gasteiger partial charge in [-0.2, -0.15) is 5.12 Å². The van der Waals surface area contributed by atoms with E-state index in [1.807, 2.05) is 12.1 Å². The molecule has 0 aliphatic heterocycles. The zero-order chi connectivity index (χ0) is 26.9. The van der Waals surface area contributed by atoms with Gasteiger partial charge in [-0.3, -0.25) is 9.59 Å². The number of aryl methyl sites for hydroxylation is 1. The molecule has 4 N–H and O–H groups in total. The number of phenols is 1. The van der Waals surface area contributed by atoms with Crippen LogP contribution in [0.1, 0.15) is 34.6 Å². The number of anilines is 1. The number of rotatable bonds is 10. The molecular weight excluding hydrogens is 483 g/mol. The highest BCUT2D eigenvalue weighted by Crippen LogP contribution is 2.29. The molecule has 1 heterocycles. The Morgan fingerprint density at radius 1 is 0.895 bits per heavy atom. The summed E-state index contributed by atoms with van der Waals surface area (Å²) in [5.41, 5.74) is 8.52. The van der Waals surface area contributed by atoms with Crippen LogP contribution in [0.15, 0.2) is 103 Å². The normalized spacial score (nSPS) is 11.6. The van der Waals surface area contributed by atoms with Crippen LogP contribution in [0.4, 0.5) is 10.3 Å². The molecule has 1 unspecified atom stereocenters. The van der Waals surface area contributed by atoms with E-state index in [1.54, 1.807) is 79.0 Å². The number of nitrogens with one attached hydrogen (secondary N) is 1. The van der Waals surface area contributed by atoms with Crippen LogP contribution < -0.4 is 11.1 Å². The predicted molar refractivity (Wildman–Crippen MR) is 143 cm³/mol. The number of carbonyl (C=O) groups excluding carboxylic acids is 2. The van der Waals surface area contributed by atoms with Gasteiger partial charge < -0.3 is 16.2 Å². The summed E-state index contributed by atoms with van der Waals surface area (Å²) in [6.07, 6.45) is 1.88. The van der Waals surface area contributed by atoms with Crippen molar-refractivity contribution in [1.82, 2.24) is 15.4 Å². The number of hydrogen-bond donors (Lipinski definition) is 3. The molecule has 0 spiro atoms. The Balaban J connectivity index is 1.59. The second kappa shape index (κ2) is 12.5. The number of nitrogen functional groups attached to an aromatic ring is 1. The van der Waals surface area contributed by atoms with Gasteiger partial charge in [-0.05, 0) is 59.4 Å². The number of carbonyl (C=O) groups is 2. The van der Waals surface area contributed by atoms with Gasteiger partial charge in [-0.15, -0.1) is 0 Å². The third-order valence-electron chi connectivity index (χ3n) is 6.25. The van der Waals surface area contributed by atoms with Crippen molar-refractivity contribution in [1.29, 1.82) is 0 Å². The lowest BCUT2D eigenvalue weighted by Gasteiger charge is -2.27. The Labute approximate surface area is 220 Å². The third kappa shape index (κ3) is 6.73. The molecule has 0 fully saturated rings. The predicted octanol–water partition coefficient (Wildman–Crippen LogP) is 4.53. The number of aromatic hydroxyl groups is 1. The average molecular weight is 513 g/mol. The minimum atomic E-state index is -1.39. The van der Waals surface area contributed by atoms with Crippen molar-refractivity contribution in [3.05, 3.63) is 126 Å². The van der Waals surface area contributed by atoms with E-state index in [-0.39, 0.29) is 23.8 Å². The van der Waals surface area contributed by atoms with Crippen molar-refractivity contribution in [2.24, 2.45) is 0 Å². The van der Waals surface area contributed by atoms with E-state index in [2.05, 4.69) is 10.3 Å². The van der Waals surface area contributed by atoms with Gasteiger partial charge in [0.1, 0.15) is 17.6 Å². The van der Waals surface area contributed by atoms with E-state index in [9.17, 15) is 14.7 Å². The molecule has 0 aliphatic rings. The van der Waals surface area contributed by atoms with Gasteiger partial charge >= 0.3 is 0 Å². The van der Waals surface area contributed by atoms with E-state index >= 15 is 4.48 Å². The van der Waals surface area contributed by atoms with Gasteiger partial charge in [0.05, 0.1) is 5.92 Å². The van der Waals surface area contributed by atoms with Gasteiger partial charge in [-0.1, -0.05) is 77.3 Å². The van der Waals surface area contributed by atoms with Gasteiger partial charge in [0.25, 0.3) is 5.91 Å². The van der Waals surface area contributed by atoms with Crippen molar-refractivity contribution < 1.29 is 19.2 Å². The van der Waals surface area contributed by atoms with E-state index in [4.69, 9.17) is 5.73 Å². The molecule has 2 amide bonds. The molecule has 7 nitrogen and oxygen atoms in total. The van der Waals surface area contributed by atoms with E-state index in [1.165, 1.54) is 12.1 Å². The van der Waals surface area contributed by atoms with E-state index in [0.29, 0.717) is 23.4 Å². The summed E-state index contributed by atoms with van der Waals surface area (Å²) in [7, 11) is 0. The lowest BCUT2D eigenvalue weighted by atomic mass is 9.90. The van der Waals surface area contributed by atoms with Crippen molar-refractivity contribution in [3.63, 3.8) is 0 Å². The summed E-state index contributed by atoms with van der Waals surface area (Å²) < 4.78 is 16.0. The van der Waals surface area contributed by atoms with Crippen molar-refractivity contribution >= 4 is 17.6 Å². The van der Waals surface area contributed by atoms with Crippen LogP contribution in [0.3, 0.4) is 0 Å². The number of aromatic nitrogens is 1. The molecule has 0 bridgehead atoms. The fraction of sp³-hybridized carbons (Fsp3) is 0.167. The third-order valence-corrected chi connectivity index (χ3v) is 6.25. The van der Waals surface area contributed by atoms with Crippen LogP contribution in [0, 0.1) is 0 Å². The molecule has 8 heteroatoms. The van der Waals surface area contributed by atoms with Crippen LogP contribution in [0.5, 0.6) is 5.75 Å². The summed E-state index contributed by atoms with van der Waals surface area (Å²) in [6, 6.07) is 26.2. The number of hydrogen-bond acceptors (Lipinski definition) is 5. The number of nitrogens with zero attached hydrogens (tertiary/aromatic N) is 2. The minimum absolute atomic E-state index is 0.0312. The summed E-state index contributed by atoms with van der Waals surface area (Å²) in [5, 5.41) is 12.3. The lowest BCUT2D eigenvalue weighted by molar-refractivity contribution is -0.159. The first-order valence-electron chi connectivity index (χ1n) is 12.3. The lowest BCUT2D eigenvalue weighted by Crippen LogP contribution is -2.47. The van der Waals surface area contributed by atoms with Crippen LogP contribution in [-0.4, -0.2) is 33.1 Å². The number of halogens is 1. The van der Waals surface area contributed by atoms with Crippen LogP contribution in [0.2, 0.25) is 0 Å². The number of nitrogens with two attached hydrogens (primary N) is 1. The number of pyridine rings is 1. The second-order valence-corrected chi connectivity index (χ2v) is 8.93. The zero-order valence-corrected chi connectivity index (χ0v) is 20.7. The molecule has 4 rings (SSSR count). The van der Waals surface area contributed by atoms with Crippen LogP contribution in [0.25, 0.3) is 0 Å². The molecule has 4 aromatic rings. The SMILES string of the molecule is Nc1cc(CCC(C(=O)NCc2ccc(O)cc2)N(F)C(=O)C(c2ccccc2)c2ccccc2)ccn1. The van der Waals surface area contributed by atoms with Gasteiger partial charge in [0.2, 0.25) is 5.91 Å². The first kappa shape index (κ1) is 26.3. The van der Waals surface area contributed by atoms with E-state index in [0.717, 1.165) is 11.1 Å². The smallest absolute Gasteiger partial charge is 0.262 e. The van der Waals surface area contributed by atoms with Crippen LogP contribution in [-0.2, 0) is 22.6 Å². The summed E-state index contributed by atoms with van der Waals surface area (Å²) >= 11 is 0. The van der Waals surface area contributed by atoms with E-state index < -0.39 is 23.8 Å². The van der Waals surface area contributed by atoms with Gasteiger partial charge in [-0.25, -0.2) is 4.98 Å². The largest absolute Gasteiger partial charge is 0.508 e. The molecule has 0 saturated heterocycles.